The third kappa shape index (κ3) is 9.16. The predicted octanol–water partition coefficient (Wildman–Crippen LogP) is 2.23. The highest BCUT2D eigenvalue weighted by Gasteiger charge is 2.13. The Morgan fingerprint density at radius 1 is 1.25 bits per heavy atom. The number of hydrogen-bond acceptors (Lipinski definition) is 3. The Balaban J connectivity index is 3.71. The van der Waals surface area contributed by atoms with Crippen LogP contribution in [0.2, 0.25) is 0 Å². The Labute approximate surface area is 101 Å². The number of nitrogens with one attached hydrogen (secondary N) is 1. The molecule has 0 radical (unpaired) electrons. The molecule has 3 nitrogen and oxygen atoms in total. The maximum Gasteiger partial charge on any atom is 0.151 e. The predicted molar refractivity (Wildman–Crippen MR) is 70.5 cm³/mol. The van der Waals surface area contributed by atoms with Gasteiger partial charge in [-0.1, -0.05) is 27.7 Å². The fourth-order valence-electron chi connectivity index (χ4n) is 1.52. The SMILES string of the molecule is CCS(=O)(=O)CC(C)NCCCC(C)(C)C. The minimum atomic E-state index is -2.85. The van der Waals surface area contributed by atoms with Gasteiger partial charge in [0.05, 0.1) is 5.75 Å². The van der Waals surface area contributed by atoms with Crippen molar-refractivity contribution < 1.29 is 8.42 Å². The molecule has 0 heterocycles. The van der Waals surface area contributed by atoms with E-state index in [1.807, 2.05) is 6.92 Å². The summed E-state index contributed by atoms with van der Waals surface area (Å²) in [5.74, 6) is 0.486. The molecule has 1 unspecified atom stereocenters. The molecule has 4 heteroatoms. The van der Waals surface area contributed by atoms with Gasteiger partial charge < -0.3 is 5.32 Å². The molecule has 0 spiro atoms. The number of rotatable bonds is 7. The van der Waals surface area contributed by atoms with Crippen molar-refractivity contribution in [3.63, 3.8) is 0 Å². The lowest BCUT2D eigenvalue weighted by molar-refractivity contribution is 0.358. The molecule has 1 atom stereocenters. The van der Waals surface area contributed by atoms with Gasteiger partial charge in [-0.3, -0.25) is 0 Å². The normalized spacial score (nSPS) is 15.1. The van der Waals surface area contributed by atoms with Gasteiger partial charge in [-0.15, -0.1) is 0 Å². The number of sulfone groups is 1. The maximum atomic E-state index is 11.4. The molecular formula is C12H27NO2S. The third-order valence-corrected chi connectivity index (χ3v) is 4.43. The Hall–Kier alpha value is -0.0900. The summed E-state index contributed by atoms with van der Waals surface area (Å²) < 4.78 is 22.7. The molecule has 0 rings (SSSR count). The van der Waals surface area contributed by atoms with Crippen LogP contribution in [0.3, 0.4) is 0 Å². The van der Waals surface area contributed by atoms with Crippen LogP contribution < -0.4 is 5.32 Å². The van der Waals surface area contributed by atoms with E-state index in [0.29, 0.717) is 5.41 Å². The summed E-state index contributed by atoms with van der Waals surface area (Å²) >= 11 is 0. The van der Waals surface area contributed by atoms with Gasteiger partial charge in [0.25, 0.3) is 0 Å². The molecule has 0 bridgehead atoms. The molecule has 0 fully saturated rings. The average molecular weight is 249 g/mol. The van der Waals surface area contributed by atoms with Crippen molar-refractivity contribution in [3.05, 3.63) is 0 Å². The molecule has 0 saturated carbocycles. The fraction of sp³-hybridized carbons (Fsp3) is 1.00. The van der Waals surface area contributed by atoms with Gasteiger partial charge in [0, 0.05) is 11.8 Å². The van der Waals surface area contributed by atoms with Gasteiger partial charge in [-0.2, -0.15) is 0 Å². The van der Waals surface area contributed by atoms with E-state index < -0.39 is 9.84 Å². The van der Waals surface area contributed by atoms with Crippen molar-refractivity contribution in [2.45, 2.75) is 53.5 Å². The lowest BCUT2D eigenvalue weighted by atomic mass is 9.91. The fourth-order valence-corrected chi connectivity index (χ4v) is 2.64. The first-order valence-electron chi connectivity index (χ1n) is 6.10. The maximum absolute atomic E-state index is 11.4. The molecule has 0 aromatic heterocycles. The van der Waals surface area contributed by atoms with E-state index >= 15 is 0 Å². The molecule has 0 aliphatic heterocycles. The lowest BCUT2D eigenvalue weighted by Crippen LogP contribution is -2.34. The first kappa shape index (κ1) is 15.9. The van der Waals surface area contributed by atoms with Crippen molar-refractivity contribution >= 4 is 9.84 Å². The summed E-state index contributed by atoms with van der Waals surface area (Å²) in [5, 5.41) is 3.27. The molecular weight excluding hydrogens is 222 g/mol. The van der Waals surface area contributed by atoms with Crippen molar-refractivity contribution in [3.8, 4) is 0 Å². The minimum Gasteiger partial charge on any atom is -0.313 e. The largest absolute Gasteiger partial charge is 0.313 e. The average Bonchev–Trinajstić information content (AvgIpc) is 2.10. The Kier molecular flexibility index (Phi) is 6.56. The Bertz CT molecular complexity index is 278. The Morgan fingerprint density at radius 2 is 1.81 bits per heavy atom. The standard InChI is InChI=1S/C12H27NO2S/c1-6-16(14,15)10-11(2)13-9-7-8-12(3,4)5/h11,13H,6-10H2,1-5H3. The first-order chi connectivity index (χ1) is 7.16. The van der Waals surface area contributed by atoms with Crippen LogP contribution >= 0.6 is 0 Å². The van der Waals surface area contributed by atoms with Gasteiger partial charge in [0.15, 0.2) is 9.84 Å². The molecule has 16 heavy (non-hydrogen) atoms. The van der Waals surface area contributed by atoms with Crippen LogP contribution in [0.4, 0.5) is 0 Å². The summed E-state index contributed by atoms with van der Waals surface area (Å²) in [6, 6.07) is 0.0601. The minimum absolute atomic E-state index is 0.0601. The van der Waals surface area contributed by atoms with Crippen LogP contribution in [-0.2, 0) is 9.84 Å². The molecule has 0 saturated heterocycles. The lowest BCUT2D eigenvalue weighted by Gasteiger charge is -2.19. The summed E-state index contributed by atoms with van der Waals surface area (Å²) in [6.07, 6.45) is 2.26. The molecule has 0 amide bonds. The first-order valence-corrected chi connectivity index (χ1v) is 7.92. The summed E-state index contributed by atoms with van der Waals surface area (Å²) in [6.45, 7) is 11.2. The van der Waals surface area contributed by atoms with Gasteiger partial charge in [-0.05, 0) is 31.7 Å². The van der Waals surface area contributed by atoms with E-state index in [1.54, 1.807) is 6.92 Å². The second-order valence-corrected chi connectivity index (χ2v) is 8.12. The van der Waals surface area contributed by atoms with Crippen LogP contribution in [0, 0.1) is 5.41 Å². The molecule has 1 N–H and O–H groups in total. The molecule has 0 aromatic carbocycles. The second kappa shape index (κ2) is 6.60. The smallest absolute Gasteiger partial charge is 0.151 e. The molecule has 0 aromatic rings. The van der Waals surface area contributed by atoms with Crippen molar-refractivity contribution in [2.24, 2.45) is 5.41 Å². The van der Waals surface area contributed by atoms with E-state index in [0.717, 1.165) is 19.4 Å². The highest BCUT2D eigenvalue weighted by molar-refractivity contribution is 7.91. The van der Waals surface area contributed by atoms with E-state index in [4.69, 9.17) is 0 Å². The van der Waals surface area contributed by atoms with Crippen molar-refractivity contribution in [2.75, 3.05) is 18.1 Å². The van der Waals surface area contributed by atoms with E-state index in [-0.39, 0.29) is 17.5 Å². The van der Waals surface area contributed by atoms with Gasteiger partial charge in [0.1, 0.15) is 0 Å². The van der Waals surface area contributed by atoms with Crippen molar-refractivity contribution in [1.29, 1.82) is 0 Å². The van der Waals surface area contributed by atoms with Crippen LogP contribution in [0.25, 0.3) is 0 Å². The van der Waals surface area contributed by atoms with Crippen LogP contribution in [0.5, 0.6) is 0 Å². The Morgan fingerprint density at radius 3 is 2.25 bits per heavy atom. The highest BCUT2D eigenvalue weighted by atomic mass is 32.2. The van der Waals surface area contributed by atoms with E-state index in [2.05, 4.69) is 26.1 Å². The van der Waals surface area contributed by atoms with Crippen LogP contribution in [0.1, 0.15) is 47.5 Å². The topological polar surface area (TPSA) is 46.2 Å². The number of hydrogen-bond donors (Lipinski definition) is 1. The second-order valence-electron chi connectivity index (χ2n) is 5.72. The van der Waals surface area contributed by atoms with Crippen LogP contribution in [-0.4, -0.2) is 32.5 Å². The van der Waals surface area contributed by atoms with Gasteiger partial charge in [0.2, 0.25) is 0 Å². The monoisotopic (exact) mass is 249 g/mol. The molecule has 98 valence electrons. The van der Waals surface area contributed by atoms with Crippen molar-refractivity contribution in [1.82, 2.24) is 5.32 Å². The molecule has 0 aliphatic rings. The van der Waals surface area contributed by atoms with Gasteiger partial charge >= 0.3 is 0 Å². The van der Waals surface area contributed by atoms with E-state index in [1.165, 1.54) is 0 Å². The van der Waals surface area contributed by atoms with Gasteiger partial charge in [-0.25, -0.2) is 8.42 Å². The zero-order valence-electron chi connectivity index (χ0n) is 11.3. The quantitative estimate of drug-likeness (QED) is 0.704. The highest BCUT2D eigenvalue weighted by Crippen LogP contribution is 2.19. The summed E-state index contributed by atoms with van der Waals surface area (Å²) in [7, 11) is -2.85. The summed E-state index contributed by atoms with van der Waals surface area (Å²) in [5.41, 5.74) is 0.362. The zero-order chi connectivity index (χ0) is 12.8. The zero-order valence-corrected chi connectivity index (χ0v) is 12.2. The van der Waals surface area contributed by atoms with Crippen LogP contribution in [0.15, 0.2) is 0 Å². The third-order valence-electron chi connectivity index (χ3n) is 2.54. The molecule has 0 aliphatic carbocycles. The van der Waals surface area contributed by atoms with E-state index in [9.17, 15) is 8.42 Å². The summed E-state index contributed by atoms with van der Waals surface area (Å²) in [4.78, 5) is 0.